The molecule has 1 fully saturated rings. The number of benzene rings is 1. The van der Waals surface area contributed by atoms with Gasteiger partial charge in [0.15, 0.2) is 0 Å². The molecule has 1 saturated heterocycles. The SMILES string of the molecule is CC(C)(O)c1ccc(OC2CSC2)cc1. The third kappa shape index (κ3) is 2.67. The molecule has 0 saturated carbocycles. The van der Waals surface area contributed by atoms with Gasteiger partial charge in [0.2, 0.25) is 0 Å². The maximum absolute atomic E-state index is 9.77. The number of hydrogen-bond donors (Lipinski definition) is 1. The molecule has 2 nitrogen and oxygen atoms in total. The zero-order chi connectivity index (χ0) is 10.9. The van der Waals surface area contributed by atoms with E-state index in [0.717, 1.165) is 22.8 Å². The maximum atomic E-state index is 9.77. The first-order valence-corrected chi connectivity index (χ1v) is 6.28. The van der Waals surface area contributed by atoms with Crippen molar-refractivity contribution in [2.75, 3.05) is 11.5 Å². The summed E-state index contributed by atoms with van der Waals surface area (Å²) in [6.45, 7) is 3.57. The van der Waals surface area contributed by atoms with Crippen molar-refractivity contribution in [1.82, 2.24) is 0 Å². The fourth-order valence-corrected chi connectivity index (χ4v) is 1.98. The van der Waals surface area contributed by atoms with Gasteiger partial charge in [0.1, 0.15) is 11.9 Å². The normalized spacial score (nSPS) is 17.3. The topological polar surface area (TPSA) is 29.5 Å². The average molecular weight is 224 g/mol. The van der Waals surface area contributed by atoms with E-state index in [0.29, 0.717) is 6.10 Å². The summed E-state index contributed by atoms with van der Waals surface area (Å²) in [5.41, 5.74) is 0.142. The predicted octanol–water partition coefficient (Wildman–Crippen LogP) is 2.41. The van der Waals surface area contributed by atoms with Gasteiger partial charge in [0, 0.05) is 11.5 Å². The van der Waals surface area contributed by atoms with Crippen LogP contribution in [0.25, 0.3) is 0 Å². The largest absolute Gasteiger partial charge is 0.489 e. The average Bonchev–Trinajstić information content (AvgIpc) is 2.11. The molecule has 1 aliphatic heterocycles. The zero-order valence-electron chi connectivity index (χ0n) is 9.06. The fraction of sp³-hybridized carbons (Fsp3) is 0.500. The third-order valence-electron chi connectivity index (χ3n) is 2.47. The molecule has 0 spiro atoms. The number of thioether (sulfide) groups is 1. The molecule has 1 aromatic rings. The highest BCUT2D eigenvalue weighted by Crippen LogP contribution is 2.26. The van der Waals surface area contributed by atoms with E-state index in [1.165, 1.54) is 0 Å². The van der Waals surface area contributed by atoms with Crippen LogP contribution in [0, 0.1) is 0 Å². The molecule has 0 amide bonds. The molecule has 1 aliphatic rings. The summed E-state index contributed by atoms with van der Waals surface area (Å²) in [5.74, 6) is 3.08. The first-order chi connectivity index (χ1) is 7.05. The third-order valence-corrected chi connectivity index (χ3v) is 3.69. The minimum Gasteiger partial charge on any atom is -0.489 e. The fourth-order valence-electron chi connectivity index (χ4n) is 1.42. The molecular formula is C12H16O2S. The van der Waals surface area contributed by atoms with Crippen LogP contribution in [0.15, 0.2) is 24.3 Å². The monoisotopic (exact) mass is 224 g/mol. The van der Waals surface area contributed by atoms with Gasteiger partial charge in [-0.25, -0.2) is 0 Å². The predicted molar refractivity (Wildman–Crippen MR) is 63.4 cm³/mol. The van der Waals surface area contributed by atoms with Crippen LogP contribution in [0.4, 0.5) is 0 Å². The lowest BCUT2D eigenvalue weighted by atomic mass is 9.99. The Balaban J connectivity index is 2.03. The standard InChI is InChI=1S/C12H16O2S/c1-12(2,13)9-3-5-10(6-4-9)14-11-7-15-8-11/h3-6,11,13H,7-8H2,1-2H3. The Kier molecular flexibility index (Phi) is 2.94. The molecular weight excluding hydrogens is 208 g/mol. The minimum atomic E-state index is -0.773. The Labute approximate surface area is 94.6 Å². The van der Waals surface area contributed by atoms with Crippen LogP contribution in [0.1, 0.15) is 19.4 Å². The molecule has 1 N–H and O–H groups in total. The van der Waals surface area contributed by atoms with Crippen LogP contribution >= 0.6 is 11.8 Å². The molecule has 1 heterocycles. The summed E-state index contributed by atoms with van der Waals surface area (Å²) in [4.78, 5) is 0. The molecule has 82 valence electrons. The van der Waals surface area contributed by atoms with Gasteiger partial charge in [0.05, 0.1) is 5.60 Å². The van der Waals surface area contributed by atoms with Crippen molar-refractivity contribution < 1.29 is 9.84 Å². The van der Waals surface area contributed by atoms with Crippen molar-refractivity contribution in [1.29, 1.82) is 0 Å². The second-order valence-corrected chi connectivity index (χ2v) is 5.44. The molecule has 0 radical (unpaired) electrons. The summed E-state index contributed by atoms with van der Waals surface area (Å²) in [6, 6.07) is 7.69. The molecule has 0 unspecified atom stereocenters. The molecule has 15 heavy (non-hydrogen) atoms. The molecule has 0 aromatic heterocycles. The minimum absolute atomic E-state index is 0.378. The van der Waals surface area contributed by atoms with E-state index < -0.39 is 5.60 Å². The van der Waals surface area contributed by atoms with Gasteiger partial charge in [-0.3, -0.25) is 0 Å². The highest BCUT2D eigenvalue weighted by atomic mass is 32.2. The second-order valence-electron chi connectivity index (χ2n) is 4.36. The summed E-state index contributed by atoms with van der Waals surface area (Å²) in [5, 5.41) is 9.77. The molecule has 2 rings (SSSR count). The van der Waals surface area contributed by atoms with Gasteiger partial charge in [-0.1, -0.05) is 12.1 Å². The molecule has 0 bridgehead atoms. The van der Waals surface area contributed by atoms with Gasteiger partial charge < -0.3 is 9.84 Å². The van der Waals surface area contributed by atoms with Crippen LogP contribution in [0.3, 0.4) is 0 Å². The number of rotatable bonds is 3. The smallest absolute Gasteiger partial charge is 0.119 e. The van der Waals surface area contributed by atoms with E-state index >= 15 is 0 Å². The van der Waals surface area contributed by atoms with Crippen LogP contribution in [0.2, 0.25) is 0 Å². The molecule has 1 aromatic carbocycles. The molecule has 3 heteroatoms. The van der Waals surface area contributed by atoms with Gasteiger partial charge in [-0.15, -0.1) is 0 Å². The maximum Gasteiger partial charge on any atom is 0.119 e. The Bertz CT molecular complexity index is 322. The lowest BCUT2D eigenvalue weighted by molar-refractivity contribution is 0.0785. The van der Waals surface area contributed by atoms with E-state index in [1.54, 1.807) is 13.8 Å². The van der Waals surface area contributed by atoms with Gasteiger partial charge in [-0.05, 0) is 31.5 Å². The van der Waals surface area contributed by atoms with Crippen molar-refractivity contribution >= 4 is 11.8 Å². The molecule has 0 aliphatic carbocycles. The van der Waals surface area contributed by atoms with Crippen molar-refractivity contribution in [3.05, 3.63) is 29.8 Å². The Morgan fingerprint density at radius 1 is 1.27 bits per heavy atom. The number of aliphatic hydroxyl groups is 1. The van der Waals surface area contributed by atoms with E-state index in [9.17, 15) is 5.11 Å². The van der Waals surface area contributed by atoms with Crippen molar-refractivity contribution in [2.45, 2.75) is 25.6 Å². The lowest BCUT2D eigenvalue weighted by Gasteiger charge is -2.26. The highest BCUT2D eigenvalue weighted by molar-refractivity contribution is 8.00. The van der Waals surface area contributed by atoms with E-state index in [4.69, 9.17) is 4.74 Å². The zero-order valence-corrected chi connectivity index (χ0v) is 9.88. The summed E-state index contributed by atoms with van der Waals surface area (Å²) >= 11 is 1.91. The Hall–Kier alpha value is -0.670. The van der Waals surface area contributed by atoms with Crippen LogP contribution < -0.4 is 4.74 Å². The Morgan fingerprint density at radius 3 is 2.27 bits per heavy atom. The quantitative estimate of drug-likeness (QED) is 0.855. The van der Waals surface area contributed by atoms with E-state index in [2.05, 4.69) is 0 Å². The van der Waals surface area contributed by atoms with E-state index in [-0.39, 0.29) is 0 Å². The molecule has 0 atom stereocenters. The van der Waals surface area contributed by atoms with Crippen LogP contribution in [0.5, 0.6) is 5.75 Å². The summed E-state index contributed by atoms with van der Waals surface area (Å²) in [7, 11) is 0. The first kappa shape index (κ1) is 10.8. The highest BCUT2D eigenvalue weighted by Gasteiger charge is 2.20. The Morgan fingerprint density at radius 2 is 1.87 bits per heavy atom. The van der Waals surface area contributed by atoms with Gasteiger partial charge in [0.25, 0.3) is 0 Å². The van der Waals surface area contributed by atoms with Gasteiger partial charge in [-0.2, -0.15) is 11.8 Å². The van der Waals surface area contributed by atoms with E-state index in [1.807, 2.05) is 36.0 Å². The van der Waals surface area contributed by atoms with Gasteiger partial charge >= 0.3 is 0 Å². The van der Waals surface area contributed by atoms with Crippen molar-refractivity contribution in [3.8, 4) is 5.75 Å². The van der Waals surface area contributed by atoms with Crippen LogP contribution in [-0.4, -0.2) is 22.7 Å². The van der Waals surface area contributed by atoms with Crippen molar-refractivity contribution in [3.63, 3.8) is 0 Å². The number of hydrogen-bond acceptors (Lipinski definition) is 3. The van der Waals surface area contributed by atoms with Crippen LogP contribution in [-0.2, 0) is 5.60 Å². The summed E-state index contributed by atoms with van der Waals surface area (Å²) in [6.07, 6.45) is 0.378. The second kappa shape index (κ2) is 4.06. The lowest BCUT2D eigenvalue weighted by Crippen LogP contribution is -2.31. The summed E-state index contributed by atoms with van der Waals surface area (Å²) < 4.78 is 5.72. The van der Waals surface area contributed by atoms with Crippen molar-refractivity contribution in [2.24, 2.45) is 0 Å². The first-order valence-electron chi connectivity index (χ1n) is 5.13. The number of ether oxygens (including phenoxy) is 1.